The number of fused-ring (bicyclic) bond motifs is 1. The highest BCUT2D eigenvalue weighted by molar-refractivity contribution is 6.35. The average Bonchev–Trinajstić information content (AvgIpc) is 3.55. The van der Waals surface area contributed by atoms with Crippen molar-refractivity contribution >= 4 is 40.6 Å². The van der Waals surface area contributed by atoms with Crippen LogP contribution in [-0.2, 0) is 6.54 Å². The molecular weight excluding hydrogens is 572 g/mol. The molecule has 2 aromatic carbocycles. The lowest BCUT2D eigenvalue weighted by Crippen LogP contribution is -2.35. The van der Waals surface area contributed by atoms with Crippen molar-refractivity contribution in [2.75, 3.05) is 24.9 Å². The first-order chi connectivity index (χ1) is 19.0. The van der Waals surface area contributed by atoms with Gasteiger partial charge in [0.25, 0.3) is 5.91 Å². The molecule has 1 amide bonds. The minimum Gasteiger partial charge on any atom is -0.493 e. The van der Waals surface area contributed by atoms with Crippen molar-refractivity contribution in [2.24, 2.45) is 0 Å². The summed E-state index contributed by atoms with van der Waals surface area (Å²) in [5.74, 6) is 0.226. The summed E-state index contributed by atoms with van der Waals surface area (Å²) in [6.45, 7) is 0.319. The predicted octanol–water partition coefficient (Wildman–Crippen LogP) is 6.36. The molecule has 0 unspecified atom stereocenters. The number of nitrogens with one attached hydrogen (secondary N) is 2. The van der Waals surface area contributed by atoms with Crippen LogP contribution in [0.1, 0.15) is 40.1 Å². The molecule has 2 N–H and O–H groups in total. The number of halogens is 5. The fraction of sp³-hybridized carbons (Fsp3) is 0.269. The number of rotatable bonds is 7. The monoisotopic (exact) mass is 594 g/mol. The maximum atomic E-state index is 14.1. The molecule has 1 aliphatic rings. The molecule has 0 bridgehead atoms. The normalized spacial score (nSPS) is 16.7. The summed E-state index contributed by atoms with van der Waals surface area (Å²) in [6, 6.07) is 8.62. The third-order valence-electron chi connectivity index (χ3n) is 6.47. The van der Waals surface area contributed by atoms with Crippen molar-refractivity contribution in [3.8, 4) is 11.5 Å². The van der Waals surface area contributed by atoms with Gasteiger partial charge in [0.1, 0.15) is 5.82 Å². The Hall–Kier alpha value is -3.90. The SMILES string of the molecule is COc1ccc([C@@H]2C[C@H](C(F)(F)F)n3nc(C(=O)Nc4cnn(Cc5ccc(Cl)cc5Cl)c4)cc3N2)cc1OC. The minimum atomic E-state index is -4.60. The Morgan fingerprint density at radius 2 is 1.90 bits per heavy atom. The first-order valence-electron chi connectivity index (χ1n) is 12.0. The average molecular weight is 595 g/mol. The molecule has 0 aliphatic carbocycles. The predicted molar refractivity (Wildman–Crippen MR) is 144 cm³/mol. The number of aromatic nitrogens is 4. The van der Waals surface area contributed by atoms with E-state index >= 15 is 0 Å². The highest BCUT2D eigenvalue weighted by Crippen LogP contribution is 2.44. The smallest absolute Gasteiger partial charge is 0.410 e. The second-order valence-electron chi connectivity index (χ2n) is 9.08. The number of amides is 1. The topological polar surface area (TPSA) is 95.2 Å². The number of hydrogen-bond donors (Lipinski definition) is 2. The van der Waals surface area contributed by atoms with Gasteiger partial charge in [0, 0.05) is 28.7 Å². The van der Waals surface area contributed by atoms with Gasteiger partial charge in [0.15, 0.2) is 23.2 Å². The van der Waals surface area contributed by atoms with E-state index in [4.69, 9.17) is 32.7 Å². The Balaban J connectivity index is 1.35. The summed E-state index contributed by atoms with van der Waals surface area (Å²) in [6.07, 6.45) is -1.95. The second kappa shape index (κ2) is 10.9. The maximum absolute atomic E-state index is 14.1. The number of alkyl halides is 3. The van der Waals surface area contributed by atoms with E-state index in [0.717, 1.165) is 10.2 Å². The number of carbonyl (C=O) groups is 1. The van der Waals surface area contributed by atoms with Gasteiger partial charge in [-0.3, -0.25) is 9.48 Å². The number of nitrogens with zero attached hydrogens (tertiary/aromatic N) is 4. The molecule has 0 radical (unpaired) electrons. The van der Waals surface area contributed by atoms with Crippen molar-refractivity contribution in [3.63, 3.8) is 0 Å². The van der Waals surface area contributed by atoms with Gasteiger partial charge < -0.3 is 20.1 Å². The minimum absolute atomic E-state index is 0.0617. The van der Waals surface area contributed by atoms with E-state index in [0.29, 0.717) is 39.3 Å². The van der Waals surface area contributed by atoms with Crippen LogP contribution in [0.4, 0.5) is 24.7 Å². The summed E-state index contributed by atoms with van der Waals surface area (Å²) in [5, 5.41) is 14.9. The molecule has 2 atom stereocenters. The first-order valence-corrected chi connectivity index (χ1v) is 12.7. The summed E-state index contributed by atoms with van der Waals surface area (Å²) >= 11 is 12.2. The number of benzene rings is 2. The lowest BCUT2D eigenvalue weighted by atomic mass is 9.96. The third kappa shape index (κ3) is 5.68. The summed E-state index contributed by atoms with van der Waals surface area (Å²) in [5.41, 5.74) is 1.49. The molecule has 5 rings (SSSR count). The first kappa shape index (κ1) is 27.7. The molecule has 0 saturated carbocycles. The van der Waals surface area contributed by atoms with E-state index in [1.807, 2.05) is 0 Å². The molecule has 40 heavy (non-hydrogen) atoms. The zero-order valence-corrected chi connectivity index (χ0v) is 22.7. The van der Waals surface area contributed by atoms with Gasteiger partial charge in [0.05, 0.1) is 38.7 Å². The van der Waals surface area contributed by atoms with Crippen LogP contribution in [0.15, 0.2) is 54.9 Å². The quantitative estimate of drug-likeness (QED) is 0.258. The number of carbonyl (C=O) groups excluding carboxylic acids is 1. The third-order valence-corrected chi connectivity index (χ3v) is 7.06. The van der Waals surface area contributed by atoms with Crippen LogP contribution in [-0.4, -0.2) is 45.9 Å². The molecule has 0 saturated heterocycles. The van der Waals surface area contributed by atoms with Gasteiger partial charge in [-0.2, -0.15) is 23.4 Å². The van der Waals surface area contributed by atoms with Gasteiger partial charge in [-0.1, -0.05) is 35.3 Å². The van der Waals surface area contributed by atoms with E-state index in [9.17, 15) is 18.0 Å². The van der Waals surface area contributed by atoms with E-state index in [2.05, 4.69) is 20.8 Å². The maximum Gasteiger partial charge on any atom is 0.410 e. The molecule has 1 aliphatic heterocycles. The number of anilines is 2. The highest BCUT2D eigenvalue weighted by atomic mass is 35.5. The Kier molecular flexibility index (Phi) is 7.56. The summed E-state index contributed by atoms with van der Waals surface area (Å²) in [4.78, 5) is 13.0. The van der Waals surface area contributed by atoms with Crippen LogP contribution in [0.3, 0.4) is 0 Å². The van der Waals surface area contributed by atoms with Crippen LogP contribution in [0, 0.1) is 0 Å². The van der Waals surface area contributed by atoms with Crippen molar-refractivity contribution in [1.29, 1.82) is 0 Å². The highest BCUT2D eigenvalue weighted by Gasteiger charge is 2.47. The lowest BCUT2D eigenvalue weighted by Gasteiger charge is -2.33. The summed E-state index contributed by atoms with van der Waals surface area (Å²) in [7, 11) is 2.92. The Bertz CT molecular complexity index is 1550. The van der Waals surface area contributed by atoms with Gasteiger partial charge in [0.2, 0.25) is 0 Å². The molecule has 3 heterocycles. The van der Waals surface area contributed by atoms with E-state index in [1.165, 1.54) is 26.5 Å². The Morgan fingerprint density at radius 3 is 2.60 bits per heavy atom. The van der Waals surface area contributed by atoms with E-state index in [-0.39, 0.29) is 17.9 Å². The molecule has 2 aromatic heterocycles. The fourth-order valence-corrected chi connectivity index (χ4v) is 4.98. The summed E-state index contributed by atoms with van der Waals surface area (Å²) < 4.78 is 55.2. The van der Waals surface area contributed by atoms with E-state index in [1.54, 1.807) is 47.3 Å². The van der Waals surface area contributed by atoms with E-state index < -0.39 is 24.2 Å². The fourth-order valence-electron chi connectivity index (χ4n) is 4.51. The van der Waals surface area contributed by atoms with Gasteiger partial charge in [-0.25, -0.2) is 4.68 Å². The standard InChI is InChI=1S/C26H23Cl2F3N6O3/c1-39-21-6-4-14(7-22(21)40-2)19-9-23(26(29,30)31)37-24(34-19)10-20(35-37)25(38)33-17-11-32-36(13-17)12-15-3-5-16(27)8-18(15)28/h3-8,10-11,13,19,23,34H,9,12H2,1-2H3,(H,33,38)/t19-,23+/m0/s1. The Labute approximate surface area is 236 Å². The van der Waals surface area contributed by atoms with Crippen LogP contribution in [0.5, 0.6) is 11.5 Å². The second-order valence-corrected chi connectivity index (χ2v) is 9.92. The van der Waals surface area contributed by atoms with Crippen molar-refractivity contribution in [3.05, 3.63) is 81.7 Å². The van der Waals surface area contributed by atoms with Gasteiger partial charge in [-0.15, -0.1) is 0 Å². The molecule has 14 heteroatoms. The van der Waals surface area contributed by atoms with Gasteiger partial charge in [-0.05, 0) is 35.4 Å². The number of methoxy groups -OCH3 is 2. The zero-order chi connectivity index (χ0) is 28.6. The molecule has 210 valence electrons. The Morgan fingerprint density at radius 1 is 1.12 bits per heavy atom. The van der Waals surface area contributed by atoms with Crippen molar-refractivity contribution < 1.29 is 27.4 Å². The molecular formula is C26H23Cl2F3N6O3. The van der Waals surface area contributed by atoms with Crippen molar-refractivity contribution in [1.82, 2.24) is 19.6 Å². The molecule has 0 spiro atoms. The molecule has 0 fully saturated rings. The van der Waals surface area contributed by atoms with Gasteiger partial charge >= 0.3 is 6.18 Å². The van der Waals surface area contributed by atoms with Crippen LogP contribution in [0.25, 0.3) is 0 Å². The van der Waals surface area contributed by atoms with Crippen LogP contribution >= 0.6 is 23.2 Å². The molecule has 9 nitrogen and oxygen atoms in total. The van der Waals surface area contributed by atoms with Crippen LogP contribution < -0.4 is 20.1 Å². The lowest BCUT2D eigenvalue weighted by molar-refractivity contribution is -0.173. The number of ether oxygens (including phenoxy) is 2. The van der Waals surface area contributed by atoms with Crippen LogP contribution in [0.2, 0.25) is 10.0 Å². The molecule has 4 aromatic rings. The van der Waals surface area contributed by atoms with Crippen molar-refractivity contribution in [2.45, 2.75) is 31.2 Å². The largest absolute Gasteiger partial charge is 0.493 e. The zero-order valence-electron chi connectivity index (χ0n) is 21.2. The number of hydrogen-bond acceptors (Lipinski definition) is 6.